The number of halogens is 2. The van der Waals surface area contributed by atoms with Gasteiger partial charge >= 0.3 is 0 Å². The summed E-state index contributed by atoms with van der Waals surface area (Å²) in [6.45, 7) is 2.70. The molecule has 1 aliphatic heterocycles. The van der Waals surface area contributed by atoms with Gasteiger partial charge in [0.15, 0.2) is 0 Å². The predicted octanol–water partition coefficient (Wildman–Crippen LogP) is -4.64. The fourth-order valence-corrected chi connectivity index (χ4v) is 1.67. The smallest absolute Gasteiger partial charge is 0.0700 e. The van der Waals surface area contributed by atoms with E-state index in [4.69, 9.17) is 4.74 Å². The van der Waals surface area contributed by atoms with Gasteiger partial charge in [-0.2, -0.15) is 0 Å². The molecule has 1 unspecified atom stereocenters. The number of nitrogens with zero attached hydrogens (tertiary/aromatic N) is 1. The van der Waals surface area contributed by atoms with Crippen LogP contribution in [0, 0.1) is 0 Å². The molecular weight excluding hydrogens is 247 g/mol. The van der Waals surface area contributed by atoms with Crippen LogP contribution in [0.1, 0.15) is 18.5 Å². The third-order valence-corrected chi connectivity index (χ3v) is 2.43. The van der Waals surface area contributed by atoms with Crippen LogP contribution >= 0.6 is 0 Å². The van der Waals surface area contributed by atoms with E-state index < -0.39 is 0 Å². The van der Waals surface area contributed by atoms with Crippen molar-refractivity contribution in [3.8, 4) is 0 Å². The summed E-state index contributed by atoms with van der Waals surface area (Å²) < 4.78 is 5.51. The predicted molar refractivity (Wildman–Crippen MR) is 54.9 cm³/mol. The van der Waals surface area contributed by atoms with Gasteiger partial charge in [0.05, 0.1) is 11.8 Å². The van der Waals surface area contributed by atoms with Crippen LogP contribution in [0.3, 0.4) is 0 Å². The zero-order valence-corrected chi connectivity index (χ0v) is 10.5. The minimum absolute atomic E-state index is 0. The van der Waals surface area contributed by atoms with Gasteiger partial charge in [-0.1, -0.05) is 6.07 Å². The number of ether oxygens (including phenoxy) is 1. The molecule has 1 aromatic heterocycles. The van der Waals surface area contributed by atoms with E-state index in [1.807, 2.05) is 24.4 Å². The van der Waals surface area contributed by atoms with E-state index in [1.54, 1.807) is 0 Å². The van der Waals surface area contributed by atoms with Crippen LogP contribution in [0.25, 0.3) is 0 Å². The lowest BCUT2D eigenvalue weighted by atomic mass is 10.2. The Bertz CT molecular complexity index is 266. The zero-order chi connectivity index (χ0) is 9.64. The van der Waals surface area contributed by atoms with E-state index in [0.717, 1.165) is 25.4 Å². The van der Waals surface area contributed by atoms with Crippen LogP contribution in [-0.2, 0) is 11.3 Å². The Morgan fingerprint density at radius 3 is 2.88 bits per heavy atom. The molecule has 1 saturated heterocycles. The van der Waals surface area contributed by atoms with Crippen molar-refractivity contribution in [2.75, 3.05) is 13.2 Å². The largest absolute Gasteiger partial charge is 1.00 e. The summed E-state index contributed by atoms with van der Waals surface area (Å²) in [4.78, 5) is 4.24. The molecule has 1 N–H and O–H groups in total. The van der Waals surface area contributed by atoms with Gasteiger partial charge in [0, 0.05) is 25.9 Å². The van der Waals surface area contributed by atoms with Crippen LogP contribution in [0.2, 0.25) is 0 Å². The highest BCUT2D eigenvalue weighted by atomic mass is 35.5. The summed E-state index contributed by atoms with van der Waals surface area (Å²) in [5.74, 6) is 0. The van der Waals surface area contributed by atoms with Gasteiger partial charge in [-0.25, -0.2) is 0 Å². The number of hydrogen-bond acceptors (Lipinski definition) is 3. The van der Waals surface area contributed by atoms with E-state index in [9.17, 15) is 0 Å². The molecule has 3 nitrogen and oxygen atoms in total. The summed E-state index contributed by atoms with van der Waals surface area (Å²) >= 11 is 0. The first-order valence-corrected chi connectivity index (χ1v) is 5.17. The number of rotatable bonds is 4. The Labute approximate surface area is 109 Å². The molecule has 0 aliphatic carbocycles. The second-order valence-electron chi connectivity index (χ2n) is 3.59. The zero-order valence-electron chi connectivity index (χ0n) is 9.03. The molecule has 0 aromatic carbocycles. The highest BCUT2D eigenvalue weighted by Gasteiger charge is 2.14. The lowest BCUT2D eigenvalue weighted by Gasteiger charge is -2.09. The van der Waals surface area contributed by atoms with Crippen molar-refractivity contribution in [2.45, 2.75) is 25.5 Å². The number of nitrogens with one attached hydrogen (secondary N) is 1. The lowest BCUT2D eigenvalue weighted by molar-refractivity contribution is -0.001000. The van der Waals surface area contributed by atoms with E-state index in [2.05, 4.69) is 10.3 Å². The van der Waals surface area contributed by atoms with Crippen LogP contribution in [0.4, 0.5) is 0 Å². The molecule has 0 amide bonds. The van der Waals surface area contributed by atoms with Gasteiger partial charge in [0.25, 0.3) is 0 Å². The third kappa shape index (κ3) is 5.12. The van der Waals surface area contributed by atoms with Crippen LogP contribution in [-0.4, -0.2) is 24.2 Å². The van der Waals surface area contributed by atoms with Gasteiger partial charge in [-0.15, -0.1) is 0 Å². The van der Waals surface area contributed by atoms with Gasteiger partial charge < -0.3 is 34.9 Å². The topological polar surface area (TPSA) is 34.1 Å². The highest BCUT2D eigenvalue weighted by molar-refractivity contribution is 5.02. The maximum atomic E-state index is 5.51. The Kier molecular flexibility index (Phi) is 8.57. The summed E-state index contributed by atoms with van der Waals surface area (Å²) in [7, 11) is 0. The van der Waals surface area contributed by atoms with Crippen LogP contribution < -0.4 is 30.1 Å². The minimum Gasteiger partial charge on any atom is -1.00 e. The Morgan fingerprint density at radius 1 is 1.38 bits per heavy atom. The van der Waals surface area contributed by atoms with Gasteiger partial charge in [0.2, 0.25) is 0 Å². The van der Waals surface area contributed by atoms with Gasteiger partial charge in [0.1, 0.15) is 0 Å². The maximum absolute atomic E-state index is 5.51. The number of hydrogen-bond donors (Lipinski definition) is 1. The molecule has 5 heteroatoms. The summed E-state index contributed by atoms with van der Waals surface area (Å²) in [5.41, 5.74) is 1.09. The SMILES string of the molecule is [Cl-].[Cl-].c1ccc(CNCC2CCCO2)nc1. The first-order valence-electron chi connectivity index (χ1n) is 5.17. The average molecular weight is 263 g/mol. The maximum Gasteiger partial charge on any atom is 0.0700 e. The molecule has 1 atom stereocenters. The van der Waals surface area contributed by atoms with Gasteiger partial charge in [-0.3, -0.25) is 4.98 Å². The highest BCUT2D eigenvalue weighted by Crippen LogP contribution is 2.10. The number of pyridine rings is 1. The van der Waals surface area contributed by atoms with Crippen LogP contribution in [0.15, 0.2) is 24.4 Å². The Morgan fingerprint density at radius 2 is 2.25 bits per heavy atom. The molecule has 0 spiro atoms. The standard InChI is InChI=1S/C11H16N2O.2ClH/c1-2-6-13-10(4-1)8-12-9-11-5-3-7-14-11;;/h1-2,4,6,11-12H,3,5,7-9H2;2*1H/p-2. The number of aromatic nitrogens is 1. The van der Waals surface area contributed by atoms with Crippen molar-refractivity contribution < 1.29 is 29.6 Å². The summed E-state index contributed by atoms with van der Waals surface area (Å²) in [5, 5.41) is 3.36. The van der Waals surface area contributed by atoms with E-state index in [1.165, 1.54) is 12.8 Å². The average Bonchev–Trinajstić information content (AvgIpc) is 2.72. The quantitative estimate of drug-likeness (QED) is 0.593. The third-order valence-electron chi connectivity index (χ3n) is 2.43. The van der Waals surface area contributed by atoms with Crippen molar-refractivity contribution in [1.82, 2.24) is 10.3 Å². The van der Waals surface area contributed by atoms with E-state index >= 15 is 0 Å². The van der Waals surface area contributed by atoms with Crippen molar-refractivity contribution in [3.63, 3.8) is 0 Å². The van der Waals surface area contributed by atoms with Crippen molar-refractivity contribution in [2.24, 2.45) is 0 Å². The molecular formula is C11H16Cl2N2O-2. The molecule has 2 rings (SSSR count). The molecule has 1 fully saturated rings. The fourth-order valence-electron chi connectivity index (χ4n) is 1.67. The lowest BCUT2D eigenvalue weighted by Crippen LogP contribution is -3.00. The van der Waals surface area contributed by atoms with E-state index in [0.29, 0.717) is 6.10 Å². The van der Waals surface area contributed by atoms with Crippen molar-refractivity contribution in [1.29, 1.82) is 0 Å². The second-order valence-corrected chi connectivity index (χ2v) is 3.59. The normalized spacial score (nSPS) is 18.6. The molecule has 2 heterocycles. The van der Waals surface area contributed by atoms with Gasteiger partial charge in [-0.05, 0) is 25.0 Å². The fraction of sp³-hybridized carbons (Fsp3) is 0.545. The molecule has 0 saturated carbocycles. The monoisotopic (exact) mass is 262 g/mol. The summed E-state index contributed by atoms with van der Waals surface area (Å²) in [6, 6.07) is 5.97. The van der Waals surface area contributed by atoms with Crippen molar-refractivity contribution >= 4 is 0 Å². The first-order chi connectivity index (χ1) is 6.95. The van der Waals surface area contributed by atoms with Crippen molar-refractivity contribution in [3.05, 3.63) is 30.1 Å². The summed E-state index contributed by atoms with van der Waals surface area (Å²) in [6.07, 6.45) is 4.63. The molecule has 16 heavy (non-hydrogen) atoms. The molecule has 1 aliphatic rings. The van der Waals surface area contributed by atoms with E-state index in [-0.39, 0.29) is 24.8 Å². The van der Waals surface area contributed by atoms with Crippen LogP contribution in [0.5, 0.6) is 0 Å². The molecule has 92 valence electrons. The Hall–Kier alpha value is -0.350. The molecule has 0 radical (unpaired) electrons. The molecule has 0 bridgehead atoms. The second kappa shape index (κ2) is 8.76. The minimum atomic E-state index is 0. The Balaban J connectivity index is 0.00000112. The first kappa shape index (κ1) is 15.7. The molecule has 1 aromatic rings.